The summed E-state index contributed by atoms with van der Waals surface area (Å²) in [6.07, 6.45) is 1.63. The van der Waals surface area contributed by atoms with E-state index in [1.807, 2.05) is 30.3 Å². The Morgan fingerprint density at radius 1 is 1.28 bits per heavy atom. The number of Topliss-reactive ketones (excluding diaryl/α,β-unsaturated/α-hetero) is 1. The van der Waals surface area contributed by atoms with Crippen LogP contribution in [0.2, 0.25) is 0 Å². The van der Waals surface area contributed by atoms with Gasteiger partial charge in [0.15, 0.2) is 5.78 Å². The van der Waals surface area contributed by atoms with E-state index in [0.29, 0.717) is 11.4 Å². The van der Waals surface area contributed by atoms with Crippen LogP contribution in [0, 0.1) is 0 Å². The molecule has 0 fully saturated rings. The minimum Gasteiger partial charge on any atom is -0.497 e. The van der Waals surface area contributed by atoms with Crippen molar-refractivity contribution < 1.29 is 9.53 Å². The Morgan fingerprint density at radius 2 is 2.17 bits per heavy atom. The van der Waals surface area contributed by atoms with Crippen LogP contribution in [0.15, 0.2) is 53.6 Å². The molecule has 0 bridgehead atoms. The van der Waals surface area contributed by atoms with Gasteiger partial charge in [0, 0.05) is 11.1 Å². The summed E-state index contributed by atoms with van der Waals surface area (Å²) < 4.78 is 5.14. The number of hydrogen-bond donors (Lipinski definition) is 0. The van der Waals surface area contributed by atoms with Crippen LogP contribution in [0.4, 0.5) is 0 Å². The van der Waals surface area contributed by atoms with Gasteiger partial charge in [-0.3, -0.25) is 9.78 Å². The number of pyridine rings is 1. The smallest absolute Gasteiger partial charge is 0.191 e. The van der Waals surface area contributed by atoms with E-state index in [-0.39, 0.29) is 5.78 Å². The maximum absolute atomic E-state index is 11.9. The molecule has 1 heterocycles. The van der Waals surface area contributed by atoms with E-state index in [9.17, 15) is 4.79 Å². The first-order valence-corrected chi connectivity index (χ1v) is 6.49. The molecule has 2 aromatic rings. The Labute approximate surface area is 110 Å². The van der Waals surface area contributed by atoms with Gasteiger partial charge >= 0.3 is 0 Å². The SMILES string of the molecule is COc1cccc(SCC(=O)c2ccccn2)c1. The predicted octanol–water partition coefficient (Wildman–Crippen LogP) is 3.07. The Morgan fingerprint density at radius 3 is 2.89 bits per heavy atom. The molecule has 1 aromatic heterocycles. The van der Waals surface area contributed by atoms with Gasteiger partial charge in [-0.05, 0) is 30.3 Å². The number of nitrogens with zero attached hydrogens (tertiary/aromatic N) is 1. The lowest BCUT2D eigenvalue weighted by molar-refractivity contribution is 0.101. The summed E-state index contributed by atoms with van der Waals surface area (Å²) in [5.41, 5.74) is 0.507. The molecule has 0 saturated carbocycles. The average molecular weight is 259 g/mol. The van der Waals surface area contributed by atoms with Gasteiger partial charge in [0.25, 0.3) is 0 Å². The summed E-state index contributed by atoms with van der Waals surface area (Å²) in [6.45, 7) is 0. The lowest BCUT2D eigenvalue weighted by atomic mass is 10.3. The Bertz CT molecular complexity index is 528. The lowest BCUT2D eigenvalue weighted by Gasteiger charge is -2.03. The molecule has 0 aliphatic heterocycles. The first-order valence-electron chi connectivity index (χ1n) is 5.50. The second kappa shape index (κ2) is 6.21. The first-order chi connectivity index (χ1) is 8.79. The summed E-state index contributed by atoms with van der Waals surface area (Å²) in [7, 11) is 1.63. The van der Waals surface area contributed by atoms with Crippen molar-refractivity contribution in [3.05, 3.63) is 54.4 Å². The van der Waals surface area contributed by atoms with Crippen molar-refractivity contribution in [3.8, 4) is 5.75 Å². The molecule has 0 N–H and O–H groups in total. The summed E-state index contributed by atoms with van der Waals surface area (Å²) in [4.78, 5) is 16.9. The van der Waals surface area contributed by atoms with Gasteiger partial charge in [-0.25, -0.2) is 0 Å². The molecular weight excluding hydrogens is 246 g/mol. The lowest BCUT2D eigenvalue weighted by Crippen LogP contribution is -2.04. The molecule has 0 atom stereocenters. The molecule has 18 heavy (non-hydrogen) atoms. The number of carbonyl (C=O) groups excluding carboxylic acids is 1. The summed E-state index contributed by atoms with van der Waals surface area (Å²) in [5, 5.41) is 0. The summed E-state index contributed by atoms with van der Waals surface area (Å²) >= 11 is 1.48. The van der Waals surface area contributed by atoms with Crippen molar-refractivity contribution in [2.45, 2.75) is 4.90 Å². The van der Waals surface area contributed by atoms with Gasteiger partial charge in [-0.15, -0.1) is 11.8 Å². The van der Waals surface area contributed by atoms with Gasteiger partial charge in [-0.2, -0.15) is 0 Å². The van der Waals surface area contributed by atoms with Crippen LogP contribution in [-0.4, -0.2) is 23.6 Å². The van der Waals surface area contributed by atoms with E-state index in [1.165, 1.54) is 11.8 Å². The Balaban J connectivity index is 1.97. The maximum atomic E-state index is 11.9. The molecule has 0 radical (unpaired) electrons. The minimum absolute atomic E-state index is 0.0309. The van der Waals surface area contributed by atoms with E-state index in [4.69, 9.17) is 4.74 Å². The van der Waals surface area contributed by atoms with Crippen molar-refractivity contribution in [1.82, 2.24) is 4.98 Å². The van der Waals surface area contributed by atoms with Gasteiger partial charge in [0.05, 0.1) is 12.9 Å². The fourth-order valence-electron chi connectivity index (χ4n) is 1.44. The molecule has 92 valence electrons. The average Bonchev–Trinajstić information content (AvgIpc) is 2.46. The van der Waals surface area contributed by atoms with Gasteiger partial charge in [0.1, 0.15) is 11.4 Å². The van der Waals surface area contributed by atoms with Crippen molar-refractivity contribution in [3.63, 3.8) is 0 Å². The number of methoxy groups -OCH3 is 1. The highest BCUT2D eigenvalue weighted by molar-refractivity contribution is 8.00. The van der Waals surface area contributed by atoms with Crippen LogP contribution in [-0.2, 0) is 0 Å². The van der Waals surface area contributed by atoms with Crippen LogP contribution in [0.3, 0.4) is 0 Å². The topological polar surface area (TPSA) is 39.2 Å². The fourth-order valence-corrected chi connectivity index (χ4v) is 2.26. The van der Waals surface area contributed by atoms with Crippen LogP contribution in [0.25, 0.3) is 0 Å². The standard InChI is InChI=1S/C14H13NO2S/c1-17-11-5-4-6-12(9-11)18-10-14(16)13-7-2-3-8-15-13/h2-9H,10H2,1H3. The number of benzene rings is 1. The number of ether oxygens (including phenoxy) is 1. The third-order valence-electron chi connectivity index (χ3n) is 2.36. The third-order valence-corrected chi connectivity index (χ3v) is 3.36. The van der Waals surface area contributed by atoms with Crippen molar-refractivity contribution in [2.75, 3.05) is 12.9 Å². The molecule has 0 aliphatic rings. The quantitative estimate of drug-likeness (QED) is 0.611. The largest absolute Gasteiger partial charge is 0.497 e. The van der Waals surface area contributed by atoms with Gasteiger partial charge < -0.3 is 4.74 Å². The first kappa shape index (κ1) is 12.6. The molecule has 0 unspecified atom stereocenters. The molecule has 0 spiro atoms. The van der Waals surface area contributed by atoms with Crippen molar-refractivity contribution in [2.24, 2.45) is 0 Å². The molecule has 2 rings (SSSR count). The molecule has 3 nitrogen and oxygen atoms in total. The zero-order valence-corrected chi connectivity index (χ0v) is 10.8. The van der Waals surface area contributed by atoms with E-state index >= 15 is 0 Å². The molecular formula is C14H13NO2S. The number of carbonyl (C=O) groups is 1. The minimum atomic E-state index is 0.0309. The fraction of sp³-hybridized carbons (Fsp3) is 0.143. The van der Waals surface area contributed by atoms with Crippen LogP contribution >= 0.6 is 11.8 Å². The molecule has 4 heteroatoms. The molecule has 0 amide bonds. The second-order valence-corrected chi connectivity index (χ2v) is 4.65. The summed E-state index contributed by atoms with van der Waals surface area (Å²) in [5.74, 6) is 1.21. The highest BCUT2D eigenvalue weighted by Crippen LogP contribution is 2.23. The number of hydrogen-bond acceptors (Lipinski definition) is 4. The van der Waals surface area contributed by atoms with E-state index in [2.05, 4.69) is 4.98 Å². The second-order valence-electron chi connectivity index (χ2n) is 3.61. The van der Waals surface area contributed by atoms with Crippen molar-refractivity contribution in [1.29, 1.82) is 0 Å². The van der Waals surface area contributed by atoms with E-state index in [1.54, 1.807) is 25.4 Å². The highest BCUT2D eigenvalue weighted by Gasteiger charge is 2.07. The predicted molar refractivity (Wildman–Crippen MR) is 72.3 cm³/mol. The van der Waals surface area contributed by atoms with Crippen LogP contribution in [0.1, 0.15) is 10.5 Å². The monoisotopic (exact) mass is 259 g/mol. The Hall–Kier alpha value is -1.81. The zero-order chi connectivity index (χ0) is 12.8. The van der Waals surface area contributed by atoms with Crippen LogP contribution in [0.5, 0.6) is 5.75 Å². The van der Waals surface area contributed by atoms with Gasteiger partial charge in [-0.1, -0.05) is 12.1 Å². The van der Waals surface area contributed by atoms with Gasteiger partial charge in [0.2, 0.25) is 0 Å². The zero-order valence-electron chi connectivity index (χ0n) is 10.00. The number of rotatable bonds is 5. The highest BCUT2D eigenvalue weighted by atomic mass is 32.2. The third kappa shape index (κ3) is 3.34. The molecule has 1 aromatic carbocycles. The molecule has 0 saturated heterocycles. The Kier molecular flexibility index (Phi) is 4.36. The number of thioether (sulfide) groups is 1. The van der Waals surface area contributed by atoms with Crippen molar-refractivity contribution >= 4 is 17.5 Å². The molecule has 0 aliphatic carbocycles. The van der Waals surface area contributed by atoms with E-state index < -0.39 is 0 Å². The normalized spacial score (nSPS) is 10.1. The van der Waals surface area contributed by atoms with E-state index in [0.717, 1.165) is 10.6 Å². The maximum Gasteiger partial charge on any atom is 0.191 e. The van der Waals surface area contributed by atoms with Crippen LogP contribution < -0.4 is 4.74 Å². The number of aromatic nitrogens is 1. The number of ketones is 1. The summed E-state index contributed by atoms with van der Waals surface area (Å²) in [6, 6.07) is 13.0.